The zero-order valence-electron chi connectivity index (χ0n) is 15.4. The number of benzene rings is 1. The van der Waals surface area contributed by atoms with E-state index in [2.05, 4.69) is 15.2 Å². The van der Waals surface area contributed by atoms with Crippen molar-refractivity contribution >= 4 is 29.9 Å². The minimum Gasteiger partial charge on any atom is -0.467 e. The summed E-state index contributed by atoms with van der Waals surface area (Å²) in [6.07, 6.45) is 1.57. The minimum atomic E-state index is -0.280. The predicted molar refractivity (Wildman–Crippen MR) is 112 cm³/mol. The number of ether oxygens (including phenoxy) is 3. The first kappa shape index (κ1) is 22.1. The number of hydrogen-bond acceptors (Lipinski definition) is 5. The van der Waals surface area contributed by atoms with Gasteiger partial charge in [-0.25, -0.2) is 4.39 Å². The average molecular weight is 494 g/mol. The molecule has 0 unspecified atom stereocenters. The number of hydrogen-bond donors (Lipinski definition) is 2. The van der Waals surface area contributed by atoms with Gasteiger partial charge in [0.1, 0.15) is 11.6 Å². The molecule has 0 radical (unpaired) electrons. The van der Waals surface area contributed by atoms with E-state index in [0.717, 1.165) is 56.1 Å². The first-order valence-electron chi connectivity index (χ1n) is 9.08. The van der Waals surface area contributed by atoms with E-state index in [-0.39, 0.29) is 36.6 Å². The summed E-state index contributed by atoms with van der Waals surface area (Å²) in [5.41, 5.74) is 7.47. The van der Waals surface area contributed by atoms with Crippen molar-refractivity contribution in [1.82, 2.24) is 10.2 Å². The lowest BCUT2D eigenvalue weighted by Crippen LogP contribution is -2.37. The molecule has 7 nitrogen and oxygen atoms in total. The van der Waals surface area contributed by atoms with Gasteiger partial charge in [-0.05, 0) is 30.5 Å². The molecule has 2 aliphatic heterocycles. The Labute approximate surface area is 176 Å². The van der Waals surface area contributed by atoms with Crippen LogP contribution in [0.15, 0.2) is 17.1 Å². The highest BCUT2D eigenvalue weighted by Crippen LogP contribution is 2.29. The van der Waals surface area contributed by atoms with Crippen LogP contribution in [-0.2, 0) is 22.5 Å². The van der Waals surface area contributed by atoms with Crippen molar-refractivity contribution in [2.75, 3.05) is 52.7 Å². The number of fused-ring (bicyclic) bond motifs is 1. The number of nitrogens with two attached hydrogens (primary N) is 1. The zero-order valence-corrected chi connectivity index (χ0v) is 17.7. The first-order valence-corrected chi connectivity index (χ1v) is 9.08. The Kier molecular flexibility index (Phi) is 9.52. The lowest BCUT2D eigenvalue weighted by Gasteiger charge is -2.26. The van der Waals surface area contributed by atoms with Gasteiger partial charge in [0.25, 0.3) is 0 Å². The van der Waals surface area contributed by atoms with Crippen LogP contribution in [0.3, 0.4) is 0 Å². The number of nitrogens with zero attached hydrogens (tertiary/aromatic N) is 2. The maximum Gasteiger partial charge on any atom is 0.189 e. The first-order chi connectivity index (χ1) is 12.7. The lowest BCUT2D eigenvalue weighted by molar-refractivity contribution is -0.0172. The standard InChI is InChI=1S/C18H27FN4O3.HI/c19-16-10-14(17-15(11-16)12-25-13-26-17)2-4-22-18(20)21-3-1-5-23-6-8-24-9-7-23;/h10-11H,1-9,12-13H2,(H3,20,21,22);1H. The van der Waals surface area contributed by atoms with Crippen LogP contribution in [0.4, 0.5) is 4.39 Å². The van der Waals surface area contributed by atoms with Gasteiger partial charge in [-0.15, -0.1) is 24.0 Å². The fourth-order valence-electron chi connectivity index (χ4n) is 3.14. The third kappa shape index (κ3) is 7.05. The number of guanidine groups is 1. The van der Waals surface area contributed by atoms with Crippen LogP contribution in [0.2, 0.25) is 0 Å². The van der Waals surface area contributed by atoms with E-state index in [1.807, 2.05) is 0 Å². The van der Waals surface area contributed by atoms with Gasteiger partial charge < -0.3 is 25.3 Å². The fourth-order valence-corrected chi connectivity index (χ4v) is 3.14. The molecule has 0 spiro atoms. The Bertz CT molecular complexity index is 627. The molecule has 3 rings (SSSR count). The molecule has 152 valence electrons. The van der Waals surface area contributed by atoms with Crippen molar-refractivity contribution in [3.8, 4) is 5.75 Å². The third-order valence-electron chi connectivity index (χ3n) is 4.47. The molecular formula is C18H28FIN4O3. The molecule has 27 heavy (non-hydrogen) atoms. The van der Waals surface area contributed by atoms with Crippen LogP contribution in [0.25, 0.3) is 0 Å². The van der Waals surface area contributed by atoms with Gasteiger partial charge in [-0.1, -0.05) is 0 Å². The fraction of sp³-hybridized carbons (Fsp3) is 0.611. The second-order valence-corrected chi connectivity index (χ2v) is 6.42. The predicted octanol–water partition coefficient (Wildman–Crippen LogP) is 1.48. The van der Waals surface area contributed by atoms with Crippen molar-refractivity contribution < 1.29 is 18.6 Å². The molecule has 9 heteroatoms. The smallest absolute Gasteiger partial charge is 0.189 e. The summed E-state index contributed by atoms with van der Waals surface area (Å²) >= 11 is 0. The molecule has 1 aromatic carbocycles. The Morgan fingerprint density at radius 3 is 2.89 bits per heavy atom. The Morgan fingerprint density at radius 2 is 2.07 bits per heavy atom. The van der Waals surface area contributed by atoms with Crippen LogP contribution in [0.1, 0.15) is 17.5 Å². The monoisotopic (exact) mass is 494 g/mol. The van der Waals surface area contributed by atoms with Gasteiger partial charge in [0.05, 0.1) is 19.8 Å². The molecule has 0 aromatic heterocycles. The molecule has 2 heterocycles. The van der Waals surface area contributed by atoms with Gasteiger partial charge in [-0.3, -0.25) is 9.89 Å². The summed E-state index contributed by atoms with van der Waals surface area (Å²) in [6.45, 7) is 6.44. The number of morpholine rings is 1. The topological polar surface area (TPSA) is 81.3 Å². The molecule has 2 aliphatic rings. The van der Waals surface area contributed by atoms with Crippen LogP contribution < -0.4 is 15.8 Å². The number of rotatable bonds is 7. The maximum absolute atomic E-state index is 13.7. The van der Waals surface area contributed by atoms with Gasteiger partial charge in [-0.2, -0.15) is 0 Å². The lowest BCUT2D eigenvalue weighted by atomic mass is 10.1. The van der Waals surface area contributed by atoms with Gasteiger partial charge >= 0.3 is 0 Å². The summed E-state index contributed by atoms with van der Waals surface area (Å²) in [7, 11) is 0. The quantitative estimate of drug-likeness (QED) is 0.259. The Hall–Kier alpha value is -1.17. The summed E-state index contributed by atoms with van der Waals surface area (Å²) in [6, 6.07) is 2.96. The summed E-state index contributed by atoms with van der Waals surface area (Å²) in [5, 5.41) is 3.08. The zero-order chi connectivity index (χ0) is 18.2. The summed E-state index contributed by atoms with van der Waals surface area (Å²) in [5.74, 6) is 0.861. The highest BCUT2D eigenvalue weighted by molar-refractivity contribution is 14.0. The Morgan fingerprint density at radius 1 is 1.26 bits per heavy atom. The van der Waals surface area contributed by atoms with E-state index in [4.69, 9.17) is 19.9 Å². The molecule has 0 aliphatic carbocycles. The second kappa shape index (κ2) is 11.6. The highest BCUT2D eigenvalue weighted by Gasteiger charge is 2.16. The molecule has 0 saturated carbocycles. The normalized spacial score (nSPS) is 17.6. The van der Waals surface area contributed by atoms with E-state index in [1.54, 1.807) is 0 Å². The number of halogens is 2. The van der Waals surface area contributed by atoms with Crippen molar-refractivity contribution in [3.63, 3.8) is 0 Å². The summed E-state index contributed by atoms with van der Waals surface area (Å²) in [4.78, 5) is 6.72. The molecule has 1 aromatic rings. The van der Waals surface area contributed by atoms with Crippen molar-refractivity contribution in [2.24, 2.45) is 10.7 Å². The van der Waals surface area contributed by atoms with Crippen molar-refractivity contribution in [2.45, 2.75) is 19.4 Å². The number of nitrogens with one attached hydrogen (secondary N) is 1. The average Bonchev–Trinajstić information content (AvgIpc) is 2.66. The molecule has 1 fully saturated rings. The third-order valence-corrected chi connectivity index (χ3v) is 4.47. The van der Waals surface area contributed by atoms with Gasteiger partial charge in [0.2, 0.25) is 0 Å². The van der Waals surface area contributed by atoms with Crippen LogP contribution in [0.5, 0.6) is 5.75 Å². The van der Waals surface area contributed by atoms with Gasteiger partial charge in [0.15, 0.2) is 12.8 Å². The van der Waals surface area contributed by atoms with E-state index in [9.17, 15) is 4.39 Å². The van der Waals surface area contributed by atoms with E-state index in [0.29, 0.717) is 32.1 Å². The van der Waals surface area contributed by atoms with E-state index >= 15 is 0 Å². The molecule has 1 saturated heterocycles. The molecule has 0 bridgehead atoms. The molecule has 0 amide bonds. The van der Waals surface area contributed by atoms with Crippen LogP contribution in [-0.4, -0.2) is 63.6 Å². The highest BCUT2D eigenvalue weighted by atomic mass is 127. The Balaban J connectivity index is 0.00000261. The number of aliphatic imine (C=N–C) groups is 1. The molecular weight excluding hydrogens is 466 g/mol. The largest absolute Gasteiger partial charge is 0.467 e. The second-order valence-electron chi connectivity index (χ2n) is 6.42. The van der Waals surface area contributed by atoms with E-state index < -0.39 is 0 Å². The maximum atomic E-state index is 13.7. The van der Waals surface area contributed by atoms with Crippen molar-refractivity contribution in [1.29, 1.82) is 0 Å². The summed E-state index contributed by atoms with van der Waals surface area (Å²) < 4.78 is 29.7. The molecule has 0 atom stereocenters. The SMILES string of the molecule is I.NC(=NCCCN1CCOCC1)NCCc1cc(F)cc2c1OCOC2. The minimum absolute atomic E-state index is 0. The van der Waals surface area contributed by atoms with Gasteiger partial charge in [0, 0.05) is 38.3 Å². The van der Waals surface area contributed by atoms with Crippen LogP contribution in [0, 0.1) is 5.82 Å². The van der Waals surface area contributed by atoms with Crippen molar-refractivity contribution in [3.05, 3.63) is 29.1 Å². The van der Waals surface area contributed by atoms with Crippen LogP contribution >= 0.6 is 24.0 Å². The van der Waals surface area contributed by atoms with E-state index in [1.165, 1.54) is 12.1 Å². The molecule has 3 N–H and O–H groups in total.